The SMILES string of the molecule is CC1(C)S[C@@H]2[C@@H](NC(=O)COc3ccccc3)C(=O)N2[C@@]1(NC=O)C(=O)OCc1ccccc1. The lowest BCUT2D eigenvalue weighted by Crippen LogP contribution is -2.79. The summed E-state index contributed by atoms with van der Waals surface area (Å²) in [5.41, 5.74) is -0.937. The summed E-state index contributed by atoms with van der Waals surface area (Å²) in [4.78, 5) is 51.7. The number of β-lactam (4-membered cyclic amide) rings is 1. The van der Waals surface area contributed by atoms with Gasteiger partial charge in [0, 0.05) is 0 Å². The standard InChI is InChI=1S/C24H25N3O6S/c1-23(2)24(25-15-28,22(31)33-13-16-9-5-3-6-10-16)27-20(30)19(21(27)34-23)26-18(29)14-32-17-11-7-4-8-12-17/h3-12,15,19,21H,13-14H2,1-2H3,(H,25,28)(H,26,29)/t19-,21+,24-/m0/s1. The highest BCUT2D eigenvalue weighted by molar-refractivity contribution is 8.01. The smallest absolute Gasteiger partial charge is 0.355 e. The van der Waals surface area contributed by atoms with Gasteiger partial charge in [0.1, 0.15) is 23.8 Å². The molecule has 34 heavy (non-hydrogen) atoms. The van der Waals surface area contributed by atoms with Crippen LogP contribution in [0.5, 0.6) is 5.75 Å². The fourth-order valence-electron chi connectivity index (χ4n) is 4.19. The van der Waals surface area contributed by atoms with E-state index in [0.717, 1.165) is 5.56 Å². The summed E-state index contributed by atoms with van der Waals surface area (Å²) in [5, 5.41) is 4.68. The molecule has 2 fully saturated rings. The molecular formula is C24H25N3O6S. The number of thioether (sulfide) groups is 1. The van der Waals surface area contributed by atoms with Crippen molar-refractivity contribution in [3.63, 3.8) is 0 Å². The molecule has 0 saturated carbocycles. The molecule has 2 N–H and O–H groups in total. The predicted octanol–water partition coefficient (Wildman–Crippen LogP) is 1.43. The van der Waals surface area contributed by atoms with E-state index < -0.39 is 39.6 Å². The van der Waals surface area contributed by atoms with Crippen molar-refractivity contribution in [3.8, 4) is 5.75 Å². The lowest BCUT2D eigenvalue weighted by Gasteiger charge is -2.49. The monoisotopic (exact) mass is 483 g/mol. The first-order valence-corrected chi connectivity index (χ1v) is 11.6. The van der Waals surface area contributed by atoms with E-state index in [1.807, 2.05) is 36.4 Å². The van der Waals surface area contributed by atoms with Crippen LogP contribution >= 0.6 is 11.8 Å². The summed E-state index contributed by atoms with van der Waals surface area (Å²) in [6, 6.07) is 17.1. The fraction of sp³-hybridized carbons (Fsp3) is 0.333. The molecule has 0 radical (unpaired) electrons. The third-order valence-electron chi connectivity index (χ3n) is 5.90. The van der Waals surface area contributed by atoms with Crippen molar-refractivity contribution in [3.05, 3.63) is 66.2 Å². The molecule has 0 bridgehead atoms. The van der Waals surface area contributed by atoms with Crippen LogP contribution in [0.1, 0.15) is 19.4 Å². The van der Waals surface area contributed by atoms with Crippen LogP contribution in [0.2, 0.25) is 0 Å². The molecule has 10 heteroatoms. The molecule has 0 aliphatic carbocycles. The fourth-order valence-corrected chi connectivity index (χ4v) is 5.89. The molecule has 2 aliphatic rings. The molecule has 0 aromatic heterocycles. The second-order valence-electron chi connectivity index (χ2n) is 8.41. The maximum atomic E-state index is 13.3. The zero-order chi connectivity index (χ0) is 24.3. The minimum absolute atomic E-state index is 0.00755. The summed E-state index contributed by atoms with van der Waals surface area (Å²) in [7, 11) is 0. The van der Waals surface area contributed by atoms with Crippen molar-refractivity contribution in [2.45, 2.75) is 42.3 Å². The van der Waals surface area contributed by atoms with Gasteiger partial charge in [-0.3, -0.25) is 19.3 Å². The summed E-state index contributed by atoms with van der Waals surface area (Å²) in [5.74, 6) is -1.16. The Morgan fingerprint density at radius 2 is 1.74 bits per heavy atom. The van der Waals surface area contributed by atoms with Crippen molar-refractivity contribution in [2.75, 3.05) is 6.61 Å². The Bertz CT molecular complexity index is 1080. The van der Waals surface area contributed by atoms with Crippen molar-refractivity contribution < 1.29 is 28.7 Å². The average Bonchev–Trinajstić information content (AvgIpc) is 3.05. The number of para-hydroxylation sites is 1. The van der Waals surface area contributed by atoms with Gasteiger partial charge in [-0.15, -0.1) is 11.8 Å². The number of ether oxygens (including phenoxy) is 2. The minimum Gasteiger partial charge on any atom is -0.484 e. The predicted molar refractivity (Wildman–Crippen MR) is 124 cm³/mol. The number of rotatable bonds is 9. The highest BCUT2D eigenvalue weighted by Crippen LogP contribution is 2.55. The van der Waals surface area contributed by atoms with Crippen LogP contribution in [0, 0.1) is 0 Å². The van der Waals surface area contributed by atoms with Gasteiger partial charge in [-0.2, -0.15) is 0 Å². The van der Waals surface area contributed by atoms with E-state index in [2.05, 4.69) is 10.6 Å². The molecule has 0 spiro atoms. The van der Waals surface area contributed by atoms with Gasteiger partial charge in [-0.05, 0) is 31.5 Å². The first-order chi connectivity index (χ1) is 16.3. The number of amides is 3. The van der Waals surface area contributed by atoms with E-state index in [-0.39, 0.29) is 13.2 Å². The number of benzene rings is 2. The van der Waals surface area contributed by atoms with Crippen molar-refractivity contribution in [2.24, 2.45) is 0 Å². The zero-order valence-corrected chi connectivity index (χ0v) is 19.5. The quantitative estimate of drug-likeness (QED) is 0.315. The lowest BCUT2D eigenvalue weighted by atomic mass is 9.88. The van der Waals surface area contributed by atoms with Crippen molar-refractivity contribution >= 4 is 36.0 Å². The Labute approximate surface area is 201 Å². The van der Waals surface area contributed by atoms with Gasteiger partial charge in [0.15, 0.2) is 6.61 Å². The largest absolute Gasteiger partial charge is 0.484 e. The van der Waals surface area contributed by atoms with Crippen molar-refractivity contribution in [1.82, 2.24) is 15.5 Å². The first-order valence-electron chi connectivity index (χ1n) is 10.7. The Kier molecular flexibility index (Phi) is 6.52. The van der Waals surface area contributed by atoms with Crippen LogP contribution in [0.4, 0.5) is 0 Å². The summed E-state index contributed by atoms with van der Waals surface area (Å²) < 4.78 is 10.0. The van der Waals surface area contributed by atoms with Gasteiger partial charge in [-0.1, -0.05) is 48.5 Å². The van der Waals surface area contributed by atoms with Crippen LogP contribution in [-0.4, -0.2) is 57.5 Å². The number of esters is 1. The van der Waals surface area contributed by atoms with Crippen LogP contribution in [0.15, 0.2) is 60.7 Å². The minimum atomic E-state index is -1.71. The third-order valence-corrected chi connectivity index (χ3v) is 7.51. The molecule has 0 unspecified atom stereocenters. The maximum absolute atomic E-state index is 13.3. The topological polar surface area (TPSA) is 114 Å². The molecule has 4 rings (SSSR count). The normalized spacial score (nSPS) is 24.4. The van der Waals surface area contributed by atoms with Crippen molar-refractivity contribution in [1.29, 1.82) is 0 Å². The van der Waals surface area contributed by atoms with E-state index in [9.17, 15) is 19.2 Å². The molecule has 2 saturated heterocycles. The second kappa shape index (κ2) is 9.38. The van der Waals surface area contributed by atoms with E-state index in [1.165, 1.54) is 16.7 Å². The maximum Gasteiger partial charge on any atom is 0.355 e. The summed E-state index contributed by atoms with van der Waals surface area (Å²) >= 11 is 1.31. The molecule has 3 amide bonds. The Hall–Kier alpha value is -3.53. The molecule has 178 valence electrons. The van der Waals surface area contributed by atoms with Crippen LogP contribution in [0.3, 0.4) is 0 Å². The van der Waals surface area contributed by atoms with E-state index in [4.69, 9.17) is 9.47 Å². The van der Waals surface area contributed by atoms with Crippen LogP contribution < -0.4 is 15.4 Å². The molecule has 2 aliphatic heterocycles. The number of carbonyl (C=O) groups excluding carboxylic acids is 4. The number of hydrogen-bond donors (Lipinski definition) is 2. The van der Waals surface area contributed by atoms with Gasteiger partial charge >= 0.3 is 5.97 Å². The summed E-state index contributed by atoms with van der Waals surface area (Å²) in [6.07, 6.45) is 0.390. The molecular weight excluding hydrogens is 458 g/mol. The van der Waals surface area contributed by atoms with Gasteiger partial charge in [0.05, 0.1) is 4.75 Å². The van der Waals surface area contributed by atoms with E-state index in [0.29, 0.717) is 12.2 Å². The highest BCUT2D eigenvalue weighted by atomic mass is 32.2. The van der Waals surface area contributed by atoms with Crippen LogP contribution in [-0.2, 0) is 30.5 Å². The van der Waals surface area contributed by atoms with Gasteiger partial charge in [0.25, 0.3) is 11.8 Å². The number of nitrogens with zero attached hydrogens (tertiary/aromatic N) is 1. The number of fused-ring (bicyclic) bond motifs is 1. The summed E-state index contributed by atoms with van der Waals surface area (Å²) in [6.45, 7) is 3.24. The van der Waals surface area contributed by atoms with E-state index >= 15 is 0 Å². The van der Waals surface area contributed by atoms with Gasteiger partial charge in [-0.25, -0.2) is 4.79 Å². The molecule has 2 aromatic rings. The van der Waals surface area contributed by atoms with Gasteiger partial charge < -0.3 is 20.1 Å². The Morgan fingerprint density at radius 3 is 2.38 bits per heavy atom. The number of carbonyl (C=O) groups is 4. The highest BCUT2D eigenvalue weighted by Gasteiger charge is 2.73. The lowest BCUT2D eigenvalue weighted by molar-refractivity contribution is -0.180. The third kappa shape index (κ3) is 4.09. The van der Waals surface area contributed by atoms with Crippen LogP contribution in [0.25, 0.3) is 0 Å². The second-order valence-corrected chi connectivity index (χ2v) is 10.1. The van der Waals surface area contributed by atoms with Gasteiger partial charge in [0.2, 0.25) is 12.1 Å². The number of nitrogens with one attached hydrogen (secondary N) is 2. The Balaban J connectivity index is 1.46. The van der Waals surface area contributed by atoms with E-state index in [1.54, 1.807) is 38.1 Å². The molecule has 2 heterocycles. The molecule has 3 atom stereocenters. The molecule has 9 nitrogen and oxygen atoms in total. The first kappa shape index (κ1) is 23.6. The zero-order valence-electron chi connectivity index (χ0n) is 18.7. The average molecular weight is 484 g/mol. The Morgan fingerprint density at radius 1 is 1.09 bits per heavy atom. The molecule has 2 aromatic carbocycles. The number of hydrogen-bond acceptors (Lipinski definition) is 7.